The van der Waals surface area contributed by atoms with Crippen molar-refractivity contribution in [3.8, 4) is 11.3 Å². The third kappa shape index (κ3) is 3.85. The van der Waals surface area contributed by atoms with Crippen LogP contribution in [0.4, 0.5) is 10.3 Å². The Bertz CT molecular complexity index is 845. The molecule has 6 heteroatoms. The van der Waals surface area contributed by atoms with E-state index in [1.165, 1.54) is 31.4 Å². The van der Waals surface area contributed by atoms with Gasteiger partial charge in [0.2, 0.25) is 5.88 Å². The summed E-state index contributed by atoms with van der Waals surface area (Å²) in [6.45, 7) is 0.562. The first kappa shape index (κ1) is 16.7. The number of anilines is 1. The largest absolute Gasteiger partial charge is 0.465 e. The van der Waals surface area contributed by atoms with E-state index in [-0.39, 0.29) is 17.3 Å². The molecule has 0 amide bonds. The molecule has 5 nitrogen and oxygen atoms in total. The highest BCUT2D eigenvalue weighted by molar-refractivity contribution is 6.00. The van der Waals surface area contributed by atoms with Crippen molar-refractivity contribution in [3.63, 3.8) is 0 Å². The number of benzene rings is 2. The zero-order chi connectivity index (χ0) is 17.6. The highest BCUT2D eigenvalue weighted by Crippen LogP contribution is 2.29. The monoisotopic (exact) mass is 340 g/mol. The van der Waals surface area contributed by atoms with Crippen LogP contribution in [0.5, 0.6) is 0 Å². The minimum atomic E-state index is -0.567. The van der Waals surface area contributed by atoms with Gasteiger partial charge in [-0.15, -0.1) is 0 Å². The van der Waals surface area contributed by atoms with Gasteiger partial charge in [-0.1, -0.05) is 35.5 Å². The van der Waals surface area contributed by atoms with E-state index in [2.05, 4.69) is 10.5 Å². The fourth-order valence-electron chi connectivity index (χ4n) is 2.47. The number of esters is 1. The van der Waals surface area contributed by atoms with Crippen LogP contribution in [-0.2, 0) is 11.2 Å². The van der Waals surface area contributed by atoms with Crippen LogP contribution in [0.15, 0.2) is 59.1 Å². The molecule has 3 rings (SSSR count). The molecule has 0 spiro atoms. The molecule has 0 bridgehead atoms. The summed E-state index contributed by atoms with van der Waals surface area (Å²) >= 11 is 0. The predicted molar refractivity (Wildman–Crippen MR) is 91.9 cm³/mol. The van der Waals surface area contributed by atoms with Crippen LogP contribution in [-0.4, -0.2) is 24.8 Å². The van der Waals surface area contributed by atoms with Crippen molar-refractivity contribution in [2.45, 2.75) is 6.42 Å². The minimum absolute atomic E-state index is 0.196. The van der Waals surface area contributed by atoms with Gasteiger partial charge in [0.15, 0.2) is 5.56 Å². The number of nitrogens with one attached hydrogen (secondary N) is 1. The van der Waals surface area contributed by atoms with Gasteiger partial charge in [0.1, 0.15) is 11.5 Å². The summed E-state index contributed by atoms with van der Waals surface area (Å²) in [5, 5.41) is 7.02. The first-order valence-corrected chi connectivity index (χ1v) is 7.80. The van der Waals surface area contributed by atoms with Crippen molar-refractivity contribution in [1.82, 2.24) is 5.16 Å². The maximum absolute atomic E-state index is 13.1. The summed E-state index contributed by atoms with van der Waals surface area (Å²) < 4.78 is 23.2. The molecule has 3 aromatic rings. The van der Waals surface area contributed by atoms with Crippen LogP contribution in [0.2, 0.25) is 0 Å². The Kier molecular flexibility index (Phi) is 5.09. The van der Waals surface area contributed by atoms with Gasteiger partial charge in [0.25, 0.3) is 0 Å². The van der Waals surface area contributed by atoms with Gasteiger partial charge >= 0.3 is 5.97 Å². The van der Waals surface area contributed by atoms with Crippen LogP contribution in [0.25, 0.3) is 11.3 Å². The first-order chi connectivity index (χ1) is 12.2. The lowest BCUT2D eigenvalue weighted by atomic mass is 10.1. The molecule has 0 atom stereocenters. The van der Waals surface area contributed by atoms with Crippen molar-refractivity contribution in [2.24, 2.45) is 0 Å². The number of methoxy groups -OCH3 is 1. The van der Waals surface area contributed by atoms with Crippen LogP contribution in [0, 0.1) is 5.82 Å². The molecule has 128 valence electrons. The molecule has 0 saturated carbocycles. The lowest BCUT2D eigenvalue weighted by Crippen LogP contribution is -2.10. The zero-order valence-corrected chi connectivity index (χ0v) is 13.7. The molecule has 0 radical (unpaired) electrons. The number of carbonyl (C=O) groups is 1. The maximum Gasteiger partial charge on any atom is 0.345 e. The summed E-state index contributed by atoms with van der Waals surface area (Å²) in [6, 6.07) is 15.6. The Morgan fingerprint density at radius 2 is 1.88 bits per heavy atom. The Morgan fingerprint density at radius 1 is 1.16 bits per heavy atom. The first-order valence-electron chi connectivity index (χ1n) is 7.80. The third-order valence-electron chi connectivity index (χ3n) is 3.74. The second-order valence-corrected chi connectivity index (χ2v) is 5.40. The van der Waals surface area contributed by atoms with Gasteiger partial charge in [-0.25, -0.2) is 9.18 Å². The van der Waals surface area contributed by atoms with Gasteiger partial charge in [0.05, 0.1) is 7.11 Å². The van der Waals surface area contributed by atoms with Crippen molar-refractivity contribution < 1.29 is 18.4 Å². The third-order valence-corrected chi connectivity index (χ3v) is 3.74. The number of hydrogen-bond donors (Lipinski definition) is 1. The standard InChI is InChI=1S/C19H17FN2O3/c1-24-19(23)16-17(14-7-9-15(20)10-8-14)22-25-18(16)21-12-11-13-5-3-2-4-6-13/h2-10,21H,11-12H2,1H3. The fraction of sp³-hybridized carbons (Fsp3) is 0.158. The van der Waals surface area contributed by atoms with Crippen molar-refractivity contribution in [3.05, 3.63) is 71.5 Å². The average Bonchev–Trinajstić information content (AvgIpc) is 3.06. The van der Waals surface area contributed by atoms with E-state index in [9.17, 15) is 9.18 Å². The topological polar surface area (TPSA) is 64.4 Å². The highest BCUT2D eigenvalue weighted by Gasteiger charge is 2.24. The molecule has 1 N–H and O–H groups in total. The van der Waals surface area contributed by atoms with Crippen LogP contribution in [0.1, 0.15) is 15.9 Å². The van der Waals surface area contributed by atoms with Gasteiger partial charge in [0, 0.05) is 12.1 Å². The lowest BCUT2D eigenvalue weighted by Gasteiger charge is -2.05. The summed E-state index contributed by atoms with van der Waals surface area (Å²) in [4.78, 5) is 12.2. The lowest BCUT2D eigenvalue weighted by molar-refractivity contribution is 0.0602. The van der Waals surface area contributed by atoms with Crippen LogP contribution < -0.4 is 5.32 Å². The quantitative estimate of drug-likeness (QED) is 0.689. The van der Waals surface area contributed by atoms with E-state index in [0.29, 0.717) is 17.8 Å². The Hall–Kier alpha value is -3.15. The molecule has 1 heterocycles. The number of ether oxygens (including phenoxy) is 1. The molecule has 0 fully saturated rings. The van der Waals surface area contributed by atoms with E-state index < -0.39 is 5.97 Å². The van der Waals surface area contributed by atoms with Crippen LogP contribution >= 0.6 is 0 Å². The number of aromatic nitrogens is 1. The Morgan fingerprint density at radius 3 is 2.56 bits per heavy atom. The van der Waals surface area contributed by atoms with E-state index in [1.807, 2.05) is 30.3 Å². The van der Waals surface area contributed by atoms with Gasteiger partial charge in [-0.2, -0.15) is 0 Å². The molecular formula is C19H17FN2O3. The second-order valence-electron chi connectivity index (χ2n) is 5.40. The van der Waals surface area contributed by atoms with Gasteiger partial charge in [-0.3, -0.25) is 0 Å². The summed E-state index contributed by atoms with van der Waals surface area (Å²) in [6.07, 6.45) is 0.758. The second kappa shape index (κ2) is 7.61. The average molecular weight is 340 g/mol. The number of carbonyl (C=O) groups excluding carboxylic acids is 1. The van der Waals surface area contributed by atoms with E-state index in [0.717, 1.165) is 12.0 Å². The summed E-state index contributed by atoms with van der Waals surface area (Å²) in [7, 11) is 1.29. The molecule has 0 saturated heterocycles. The van der Waals surface area contributed by atoms with Gasteiger partial charge < -0.3 is 14.6 Å². The molecule has 0 aliphatic carbocycles. The molecule has 0 unspecified atom stereocenters. The molecule has 0 aliphatic heterocycles. The fourth-order valence-corrected chi connectivity index (χ4v) is 2.47. The number of rotatable bonds is 6. The van der Waals surface area contributed by atoms with Crippen molar-refractivity contribution in [1.29, 1.82) is 0 Å². The van der Waals surface area contributed by atoms with E-state index in [4.69, 9.17) is 9.26 Å². The van der Waals surface area contributed by atoms with Crippen molar-refractivity contribution in [2.75, 3.05) is 19.0 Å². The number of nitrogens with zero attached hydrogens (tertiary/aromatic N) is 1. The Balaban J connectivity index is 1.81. The molecule has 1 aromatic heterocycles. The van der Waals surface area contributed by atoms with E-state index >= 15 is 0 Å². The van der Waals surface area contributed by atoms with Gasteiger partial charge in [-0.05, 0) is 36.2 Å². The zero-order valence-electron chi connectivity index (χ0n) is 13.7. The molecule has 0 aliphatic rings. The number of halogens is 1. The van der Waals surface area contributed by atoms with Crippen LogP contribution in [0.3, 0.4) is 0 Å². The molecule has 25 heavy (non-hydrogen) atoms. The smallest absolute Gasteiger partial charge is 0.345 e. The summed E-state index contributed by atoms with van der Waals surface area (Å²) in [5.74, 6) is -0.696. The Labute approximate surface area is 144 Å². The molecule has 2 aromatic carbocycles. The maximum atomic E-state index is 13.1. The predicted octanol–water partition coefficient (Wildman–Crippen LogP) is 3.92. The van der Waals surface area contributed by atoms with E-state index in [1.54, 1.807) is 0 Å². The normalized spacial score (nSPS) is 10.5. The number of hydrogen-bond acceptors (Lipinski definition) is 5. The SMILES string of the molecule is COC(=O)c1c(-c2ccc(F)cc2)noc1NCCc1ccccc1. The molecular weight excluding hydrogens is 323 g/mol. The summed E-state index contributed by atoms with van der Waals surface area (Å²) in [5.41, 5.74) is 2.24. The van der Waals surface area contributed by atoms with Crippen molar-refractivity contribution >= 4 is 11.9 Å². The minimum Gasteiger partial charge on any atom is -0.465 e. The highest BCUT2D eigenvalue weighted by atomic mass is 19.1.